The van der Waals surface area contributed by atoms with Crippen LogP contribution in [0.25, 0.3) is 0 Å². The highest BCUT2D eigenvalue weighted by Crippen LogP contribution is 2.23. The van der Waals surface area contributed by atoms with Crippen molar-refractivity contribution in [2.24, 2.45) is 0 Å². The van der Waals surface area contributed by atoms with E-state index in [1.807, 2.05) is 4.90 Å². The first-order chi connectivity index (χ1) is 16.9. The SMILES string of the molecule is COc1nc(NC2CCN(C(=O)c3ccc(NC(=O)/C=C/CN4CC[C@@H](F)C4)cn3)C2)ncc1Cl. The zero-order valence-corrected chi connectivity index (χ0v) is 20.0. The first-order valence-electron chi connectivity index (χ1n) is 11.3. The quantitative estimate of drug-likeness (QED) is 0.528. The maximum absolute atomic E-state index is 13.2. The Morgan fingerprint density at radius 3 is 2.80 bits per heavy atom. The van der Waals surface area contributed by atoms with Crippen LogP contribution in [0.15, 0.2) is 36.7 Å². The third-order valence-corrected chi connectivity index (χ3v) is 6.07. The first kappa shape index (κ1) is 24.8. The molecule has 2 atom stereocenters. The second-order valence-corrected chi connectivity index (χ2v) is 8.81. The lowest BCUT2D eigenvalue weighted by Gasteiger charge is -2.17. The van der Waals surface area contributed by atoms with Gasteiger partial charge in [0.05, 0.1) is 25.2 Å². The van der Waals surface area contributed by atoms with Crippen molar-refractivity contribution in [1.82, 2.24) is 24.8 Å². The molecule has 0 bridgehead atoms. The molecule has 186 valence electrons. The molecule has 0 radical (unpaired) electrons. The zero-order valence-electron chi connectivity index (χ0n) is 19.3. The van der Waals surface area contributed by atoms with E-state index in [1.54, 1.807) is 23.1 Å². The Morgan fingerprint density at radius 2 is 2.09 bits per heavy atom. The van der Waals surface area contributed by atoms with E-state index < -0.39 is 6.17 Å². The van der Waals surface area contributed by atoms with Crippen LogP contribution in [-0.4, -0.2) is 88.6 Å². The number of nitrogens with one attached hydrogen (secondary N) is 2. The molecule has 0 aliphatic carbocycles. The highest BCUT2D eigenvalue weighted by atomic mass is 35.5. The largest absolute Gasteiger partial charge is 0.480 e. The number of amides is 2. The Labute approximate surface area is 207 Å². The van der Waals surface area contributed by atoms with Crippen LogP contribution in [0, 0.1) is 0 Å². The molecule has 35 heavy (non-hydrogen) atoms. The molecule has 2 aromatic rings. The number of likely N-dealkylation sites (tertiary alicyclic amines) is 2. The molecule has 2 saturated heterocycles. The second-order valence-electron chi connectivity index (χ2n) is 8.40. The van der Waals surface area contributed by atoms with Crippen molar-refractivity contribution in [2.45, 2.75) is 25.1 Å². The molecule has 4 rings (SSSR count). The van der Waals surface area contributed by atoms with Crippen molar-refractivity contribution in [1.29, 1.82) is 0 Å². The maximum atomic E-state index is 13.2. The Balaban J connectivity index is 1.25. The minimum absolute atomic E-state index is 0.0217. The highest BCUT2D eigenvalue weighted by Gasteiger charge is 2.28. The standard InChI is InChI=1S/C23H27ClFN7O3/c1-35-21-18(24)12-27-23(30-21)29-17-7-10-32(14-17)22(34)19-5-4-16(11-26-19)28-20(33)3-2-8-31-9-6-15(25)13-31/h2-5,11-12,15,17H,6-10,13-14H2,1H3,(H,28,33)(H,27,29,30)/b3-2+/t15-,17?/m1/s1. The molecule has 0 aromatic carbocycles. The average Bonchev–Trinajstić information content (AvgIpc) is 3.49. The van der Waals surface area contributed by atoms with Crippen LogP contribution in [-0.2, 0) is 4.79 Å². The molecule has 10 nitrogen and oxygen atoms in total. The van der Waals surface area contributed by atoms with Crippen molar-refractivity contribution in [3.63, 3.8) is 0 Å². The normalized spacial score (nSPS) is 20.4. The van der Waals surface area contributed by atoms with Gasteiger partial charge >= 0.3 is 0 Å². The average molecular weight is 504 g/mol. The second kappa shape index (κ2) is 11.4. The number of methoxy groups -OCH3 is 1. The molecule has 2 amide bonds. The topological polar surface area (TPSA) is 113 Å². The fourth-order valence-corrected chi connectivity index (χ4v) is 4.18. The Bertz CT molecular complexity index is 1090. The van der Waals surface area contributed by atoms with Gasteiger partial charge in [-0.25, -0.2) is 14.4 Å². The fourth-order valence-electron chi connectivity index (χ4n) is 4.01. The van der Waals surface area contributed by atoms with E-state index in [2.05, 4.69) is 25.6 Å². The third-order valence-electron chi connectivity index (χ3n) is 5.81. The van der Waals surface area contributed by atoms with Crippen molar-refractivity contribution < 1.29 is 18.7 Å². The Morgan fingerprint density at radius 1 is 1.23 bits per heavy atom. The summed E-state index contributed by atoms with van der Waals surface area (Å²) >= 11 is 5.96. The molecular formula is C23H27ClFN7O3. The summed E-state index contributed by atoms with van der Waals surface area (Å²) in [5.41, 5.74) is 0.773. The molecular weight excluding hydrogens is 477 g/mol. The van der Waals surface area contributed by atoms with Crippen LogP contribution in [0.3, 0.4) is 0 Å². The summed E-state index contributed by atoms with van der Waals surface area (Å²) in [6.45, 7) is 2.67. The van der Waals surface area contributed by atoms with Crippen molar-refractivity contribution in [3.05, 3.63) is 47.4 Å². The smallest absolute Gasteiger partial charge is 0.272 e. The van der Waals surface area contributed by atoms with Crippen LogP contribution in [0.1, 0.15) is 23.3 Å². The van der Waals surface area contributed by atoms with Gasteiger partial charge < -0.3 is 20.3 Å². The lowest BCUT2D eigenvalue weighted by molar-refractivity contribution is -0.111. The van der Waals surface area contributed by atoms with E-state index >= 15 is 0 Å². The number of halogens is 2. The van der Waals surface area contributed by atoms with Gasteiger partial charge in [-0.1, -0.05) is 17.7 Å². The maximum Gasteiger partial charge on any atom is 0.272 e. The van der Waals surface area contributed by atoms with Crippen molar-refractivity contribution >= 4 is 35.1 Å². The van der Waals surface area contributed by atoms with E-state index in [9.17, 15) is 14.0 Å². The molecule has 2 N–H and O–H groups in total. The van der Waals surface area contributed by atoms with Crippen LogP contribution < -0.4 is 15.4 Å². The first-order valence-corrected chi connectivity index (χ1v) is 11.7. The van der Waals surface area contributed by atoms with Crippen molar-refractivity contribution in [2.75, 3.05) is 50.5 Å². The summed E-state index contributed by atoms with van der Waals surface area (Å²) < 4.78 is 18.3. The number of ether oxygens (including phenoxy) is 1. The van der Waals surface area contributed by atoms with Gasteiger partial charge in [0.15, 0.2) is 0 Å². The summed E-state index contributed by atoms with van der Waals surface area (Å²) in [5, 5.41) is 6.23. The summed E-state index contributed by atoms with van der Waals surface area (Å²) in [4.78, 5) is 41.2. The fraction of sp³-hybridized carbons (Fsp3) is 0.435. The van der Waals surface area contributed by atoms with Gasteiger partial charge in [-0.15, -0.1) is 0 Å². The predicted octanol–water partition coefficient (Wildman–Crippen LogP) is 2.40. The number of anilines is 2. The van der Waals surface area contributed by atoms with E-state index in [1.165, 1.54) is 25.6 Å². The van der Waals surface area contributed by atoms with Gasteiger partial charge in [0.1, 0.15) is 16.9 Å². The molecule has 2 fully saturated rings. The molecule has 0 spiro atoms. The van der Waals surface area contributed by atoms with Crippen LogP contribution >= 0.6 is 11.6 Å². The predicted molar refractivity (Wildman–Crippen MR) is 129 cm³/mol. The minimum atomic E-state index is -0.783. The number of carbonyl (C=O) groups is 2. The van der Waals surface area contributed by atoms with E-state index in [-0.39, 0.29) is 23.7 Å². The number of alkyl halides is 1. The summed E-state index contributed by atoms with van der Waals surface area (Å²) in [6.07, 6.45) is 6.52. The van der Waals surface area contributed by atoms with Crippen molar-refractivity contribution in [3.8, 4) is 5.88 Å². The Hall–Kier alpha value is -3.31. The van der Waals surface area contributed by atoms with Crippen LogP contribution in [0.4, 0.5) is 16.0 Å². The van der Waals surface area contributed by atoms with E-state index in [0.29, 0.717) is 61.5 Å². The van der Waals surface area contributed by atoms with Gasteiger partial charge in [-0.3, -0.25) is 14.5 Å². The molecule has 4 heterocycles. The monoisotopic (exact) mass is 503 g/mol. The number of hydrogen-bond donors (Lipinski definition) is 2. The lowest BCUT2D eigenvalue weighted by atomic mass is 10.3. The van der Waals surface area contributed by atoms with Gasteiger partial charge in [-0.05, 0) is 25.0 Å². The number of hydrogen-bond acceptors (Lipinski definition) is 8. The third kappa shape index (κ3) is 6.64. The van der Waals surface area contributed by atoms with Gasteiger partial charge in [0, 0.05) is 44.8 Å². The lowest BCUT2D eigenvalue weighted by Crippen LogP contribution is -2.32. The van der Waals surface area contributed by atoms with Gasteiger partial charge in [0.25, 0.3) is 5.91 Å². The minimum Gasteiger partial charge on any atom is -0.480 e. The van der Waals surface area contributed by atoms with Crippen LogP contribution in [0.2, 0.25) is 5.02 Å². The van der Waals surface area contributed by atoms with E-state index in [4.69, 9.17) is 16.3 Å². The Kier molecular flexibility index (Phi) is 8.09. The number of aromatic nitrogens is 3. The highest BCUT2D eigenvalue weighted by molar-refractivity contribution is 6.31. The molecule has 2 aromatic heterocycles. The summed E-state index contributed by atoms with van der Waals surface area (Å²) in [6, 6.07) is 3.20. The molecule has 2 aliphatic heterocycles. The summed E-state index contributed by atoms with van der Waals surface area (Å²) in [5.74, 6) is 0.156. The molecule has 2 aliphatic rings. The number of carbonyl (C=O) groups excluding carboxylic acids is 2. The van der Waals surface area contributed by atoms with Gasteiger partial charge in [-0.2, -0.15) is 4.98 Å². The summed E-state index contributed by atoms with van der Waals surface area (Å²) in [7, 11) is 1.48. The number of nitrogens with zero attached hydrogens (tertiary/aromatic N) is 5. The molecule has 12 heteroatoms. The number of pyridine rings is 1. The molecule has 1 unspecified atom stereocenters. The van der Waals surface area contributed by atoms with Crippen LogP contribution in [0.5, 0.6) is 5.88 Å². The van der Waals surface area contributed by atoms with E-state index in [0.717, 1.165) is 6.42 Å². The zero-order chi connectivity index (χ0) is 24.8. The van der Waals surface area contributed by atoms with Gasteiger partial charge in [0.2, 0.25) is 17.7 Å². The molecule has 0 saturated carbocycles. The number of rotatable bonds is 8.